The molecule has 0 aliphatic carbocycles. The van der Waals surface area contributed by atoms with Crippen molar-refractivity contribution in [1.29, 1.82) is 5.26 Å². The van der Waals surface area contributed by atoms with Gasteiger partial charge < -0.3 is 4.74 Å². The summed E-state index contributed by atoms with van der Waals surface area (Å²) < 4.78 is 5.20. The van der Waals surface area contributed by atoms with E-state index in [1.54, 1.807) is 7.11 Å². The maximum atomic E-state index is 8.34. The molecule has 1 heterocycles. The second-order valence-corrected chi connectivity index (χ2v) is 2.86. The minimum atomic E-state index is 0.397. The summed E-state index contributed by atoms with van der Waals surface area (Å²) in [6, 6.07) is 2.14. The van der Waals surface area contributed by atoms with Crippen LogP contribution in [0.4, 0.5) is 0 Å². The Morgan fingerprint density at radius 3 is 3.09 bits per heavy atom. The Hall–Kier alpha value is -0.590. The summed E-state index contributed by atoms with van der Waals surface area (Å²) in [6.07, 6.45) is 2.15. The summed E-state index contributed by atoms with van der Waals surface area (Å²) in [6.45, 7) is 2.98. The number of hydrogen-bond acceptors (Lipinski definition) is 3. The molecule has 0 spiro atoms. The van der Waals surface area contributed by atoms with Crippen molar-refractivity contribution in [3.05, 3.63) is 0 Å². The van der Waals surface area contributed by atoms with Crippen LogP contribution >= 0.6 is 0 Å². The molecular formula is C8H14N2O. The molecule has 3 heteroatoms. The first-order valence-corrected chi connectivity index (χ1v) is 3.99. The molecule has 0 aromatic carbocycles. The predicted molar refractivity (Wildman–Crippen MR) is 42.1 cm³/mol. The van der Waals surface area contributed by atoms with E-state index in [1.165, 1.54) is 0 Å². The molecule has 1 unspecified atom stereocenters. The quantitative estimate of drug-likeness (QED) is 0.598. The number of likely N-dealkylation sites (tertiary alicyclic amines) is 1. The molecule has 0 radical (unpaired) electrons. The first-order valence-electron chi connectivity index (χ1n) is 3.99. The highest BCUT2D eigenvalue weighted by Gasteiger charge is 2.20. The summed E-state index contributed by atoms with van der Waals surface area (Å²) in [5.41, 5.74) is 0. The smallest absolute Gasteiger partial charge is 0.0710 e. The molecule has 1 aliphatic heterocycles. The van der Waals surface area contributed by atoms with Crippen molar-refractivity contribution in [2.45, 2.75) is 18.9 Å². The van der Waals surface area contributed by atoms with Crippen molar-refractivity contribution in [2.75, 3.05) is 26.7 Å². The van der Waals surface area contributed by atoms with Gasteiger partial charge in [0.05, 0.1) is 12.2 Å². The minimum Gasteiger partial charge on any atom is -0.380 e. The van der Waals surface area contributed by atoms with Crippen LogP contribution < -0.4 is 0 Å². The van der Waals surface area contributed by atoms with Gasteiger partial charge >= 0.3 is 0 Å². The number of ether oxygens (including phenoxy) is 1. The summed E-state index contributed by atoms with van der Waals surface area (Å²) in [4.78, 5) is 2.28. The Kier molecular flexibility index (Phi) is 3.34. The van der Waals surface area contributed by atoms with Gasteiger partial charge in [0, 0.05) is 33.2 Å². The standard InChI is InChI=1S/C8H14N2O/c1-11-8-3-6-10(7-8)5-2-4-9/h8H,2-3,5-7H2,1H3. The predicted octanol–water partition coefficient (Wildman–Crippen LogP) is 0.621. The Morgan fingerprint density at radius 2 is 2.55 bits per heavy atom. The fourth-order valence-corrected chi connectivity index (χ4v) is 1.40. The molecule has 1 fully saturated rings. The summed E-state index contributed by atoms with van der Waals surface area (Å²) >= 11 is 0. The van der Waals surface area contributed by atoms with Gasteiger partial charge in [-0.05, 0) is 6.42 Å². The zero-order valence-electron chi connectivity index (χ0n) is 6.92. The number of hydrogen-bond donors (Lipinski definition) is 0. The third-order valence-corrected chi connectivity index (χ3v) is 2.10. The Balaban J connectivity index is 2.15. The van der Waals surface area contributed by atoms with Crippen molar-refractivity contribution in [2.24, 2.45) is 0 Å². The molecule has 0 bridgehead atoms. The van der Waals surface area contributed by atoms with Crippen LogP contribution in [-0.4, -0.2) is 37.7 Å². The van der Waals surface area contributed by atoms with Crippen molar-refractivity contribution >= 4 is 0 Å². The van der Waals surface area contributed by atoms with Crippen molar-refractivity contribution in [1.82, 2.24) is 4.90 Å². The molecule has 0 N–H and O–H groups in total. The molecule has 3 nitrogen and oxygen atoms in total. The molecule has 0 amide bonds. The summed E-state index contributed by atoms with van der Waals surface area (Å²) in [7, 11) is 1.75. The van der Waals surface area contributed by atoms with Crippen molar-refractivity contribution in [3.8, 4) is 6.07 Å². The van der Waals surface area contributed by atoms with Gasteiger partial charge in [0.15, 0.2) is 0 Å². The third kappa shape index (κ3) is 2.49. The number of rotatable bonds is 3. The topological polar surface area (TPSA) is 36.3 Å². The van der Waals surface area contributed by atoms with Gasteiger partial charge in [-0.2, -0.15) is 5.26 Å². The van der Waals surface area contributed by atoms with Gasteiger partial charge in [0.1, 0.15) is 0 Å². The largest absolute Gasteiger partial charge is 0.380 e. The fraction of sp³-hybridized carbons (Fsp3) is 0.875. The molecule has 0 saturated carbocycles. The van der Waals surface area contributed by atoms with Crippen LogP contribution in [0.3, 0.4) is 0 Å². The summed E-state index contributed by atoms with van der Waals surface area (Å²) in [5.74, 6) is 0. The molecule has 62 valence electrons. The second-order valence-electron chi connectivity index (χ2n) is 2.86. The van der Waals surface area contributed by atoms with Crippen LogP contribution in [0, 0.1) is 11.3 Å². The lowest BCUT2D eigenvalue weighted by Gasteiger charge is -2.12. The van der Waals surface area contributed by atoms with Crippen LogP contribution in [0.15, 0.2) is 0 Å². The summed E-state index contributed by atoms with van der Waals surface area (Å²) in [5, 5.41) is 8.34. The Bertz CT molecular complexity index is 153. The highest BCUT2D eigenvalue weighted by Crippen LogP contribution is 2.11. The first-order chi connectivity index (χ1) is 5.36. The molecule has 1 atom stereocenters. The molecule has 1 rings (SSSR count). The molecule has 1 aliphatic rings. The molecule has 1 saturated heterocycles. The van der Waals surface area contributed by atoms with Crippen LogP contribution in [0.2, 0.25) is 0 Å². The van der Waals surface area contributed by atoms with E-state index in [0.29, 0.717) is 12.5 Å². The lowest BCUT2D eigenvalue weighted by molar-refractivity contribution is 0.108. The molecular weight excluding hydrogens is 140 g/mol. The number of nitriles is 1. The van der Waals surface area contributed by atoms with Crippen LogP contribution in [0.25, 0.3) is 0 Å². The van der Waals surface area contributed by atoms with Gasteiger partial charge in [-0.15, -0.1) is 0 Å². The van der Waals surface area contributed by atoms with Crippen LogP contribution in [0.5, 0.6) is 0 Å². The Morgan fingerprint density at radius 1 is 1.73 bits per heavy atom. The van der Waals surface area contributed by atoms with E-state index in [0.717, 1.165) is 26.1 Å². The molecule has 0 aromatic heterocycles. The highest BCUT2D eigenvalue weighted by atomic mass is 16.5. The van der Waals surface area contributed by atoms with Crippen LogP contribution in [0.1, 0.15) is 12.8 Å². The van der Waals surface area contributed by atoms with Gasteiger partial charge in [-0.25, -0.2) is 0 Å². The minimum absolute atomic E-state index is 0.397. The maximum Gasteiger partial charge on any atom is 0.0710 e. The van der Waals surface area contributed by atoms with Crippen molar-refractivity contribution < 1.29 is 4.74 Å². The first kappa shape index (κ1) is 8.51. The number of methoxy groups -OCH3 is 1. The highest BCUT2D eigenvalue weighted by molar-refractivity contribution is 4.79. The van der Waals surface area contributed by atoms with E-state index in [4.69, 9.17) is 10.00 Å². The van der Waals surface area contributed by atoms with Crippen molar-refractivity contribution in [3.63, 3.8) is 0 Å². The van der Waals surface area contributed by atoms with E-state index < -0.39 is 0 Å². The van der Waals surface area contributed by atoms with Gasteiger partial charge in [-0.3, -0.25) is 4.90 Å². The maximum absolute atomic E-state index is 8.34. The van der Waals surface area contributed by atoms with E-state index >= 15 is 0 Å². The normalized spacial score (nSPS) is 25.3. The third-order valence-electron chi connectivity index (χ3n) is 2.10. The Labute approximate surface area is 67.6 Å². The number of nitrogens with zero attached hydrogens (tertiary/aromatic N) is 2. The van der Waals surface area contributed by atoms with Gasteiger partial charge in [-0.1, -0.05) is 0 Å². The van der Waals surface area contributed by atoms with E-state index in [-0.39, 0.29) is 0 Å². The average molecular weight is 154 g/mol. The monoisotopic (exact) mass is 154 g/mol. The van der Waals surface area contributed by atoms with E-state index in [1.807, 2.05) is 0 Å². The lowest BCUT2D eigenvalue weighted by atomic mass is 10.3. The lowest BCUT2D eigenvalue weighted by Crippen LogP contribution is -2.23. The van der Waals surface area contributed by atoms with E-state index in [2.05, 4.69) is 11.0 Å². The second kappa shape index (κ2) is 4.32. The zero-order chi connectivity index (χ0) is 8.10. The fourth-order valence-electron chi connectivity index (χ4n) is 1.40. The zero-order valence-corrected chi connectivity index (χ0v) is 6.92. The van der Waals surface area contributed by atoms with E-state index in [9.17, 15) is 0 Å². The van der Waals surface area contributed by atoms with Gasteiger partial charge in [0.25, 0.3) is 0 Å². The average Bonchev–Trinajstić information content (AvgIpc) is 2.48. The van der Waals surface area contributed by atoms with Crippen LogP contribution in [-0.2, 0) is 4.74 Å². The SMILES string of the molecule is COC1CCN(CCC#N)C1. The molecule has 11 heavy (non-hydrogen) atoms. The van der Waals surface area contributed by atoms with Gasteiger partial charge in [0.2, 0.25) is 0 Å². The molecule has 0 aromatic rings.